The van der Waals surface area contributed by atoms with E-state index in [0.717, 1.165) is 12.0 Å². The lowest BCUT2D eigenvalue weighted by Crippen LogP contribution is -2.39. The van der Waals surface area contributed by atoms with Crippen LogP contribution in [0.25, 0.3) is 0 Å². The Morgan fingerprint density at radius 2 is 2.00 bits per heavy atom. The van der Waals surface area contributed by atoms with Crippen molar-refractivity contribution in [3.63, 3.8) is 0 Å². The third-order valence-corrected chi connectivity index (χ3v) is 5.94. The molecule has 1 heterocycles. The average Bonchev–Trinajstić information content (AvgIpc) is 2.95. The van der Waals surface area contributed by atoms with Gasteiger partial charge in [-0.3, -0.25) is 9.79 Å². The Morgan fingerprint density at radius 1 is 1.26 bits per heavy atom. The highest BCUT2D eigenvalue weighted by molar-refractivity contribution is 7.91. The van der Waals surface area contributed by atoms with Crippen molar-refractivity contribution in [2.45, 2.75) is 32.2 Å². The van der Waals surface area contributed by atoms with Gasteiger partial charge in [-0.15, -0.1) is 0 Å². The van der Waals surface area contributed by atoms with Crippen LogP contribution in [0.5, 0.6) is 0 Å². The van der Waals surface area contributed by atoms with Gasteiger partial charge in [-0.05, 0) is 37.5 Å². The van der Waals surface area contributed by atoms with Crippen LogP contribution >= 0.6 is 0 Å². The molecule has 1 saturated heterocycles. The molecular weight excluding hydrogens is 371 g/mol. The van der Waals surface area contributed by atoms with Crippen LogP contribution in [0.4, 0.5) is 4.39 Å². The second-order valence-corrected chi connectivity index (χ2v) is 8.71. The Balaban J connectivity index is 1.72. The molecule has 1 unspecified atom stereocenters. The lowest BCUT2D eigenvalue weighted by Gasteiger charge is -2.12. The fraction of sp³-hybridized carbons (Fsp3) is 0.556. The van der Waals surface area contributed by atoms with Gasteiger partial charge in [-0.1, -0.05) is 12.1 Å². The molecule has 150 valence electrons. The molecule has 2 rings (SSSR count). The van der Waals surface area contributed by atoms with E-state index in [1.165, 1.54) is 12.1 Å². The molecule has 7 nitrogen and oxygen atoms in total. The van der Waals surface area contributed by atoms with Crippen LogP contribution < -0.4 is 16.0 Å². The lowest BCUT2D eigenvalue weighted by atomic mass is 10.1. The van der Waals surface area contributed by atoms with Crippen molar-refractivity contribution in [1.29, 1.82) is 0 Å². The maximum atomic E-state index is 12.9. The first kappa shape index (κ1) is 21.1. The van der Waals surface area contributed by atoms with Crippen LogP contribution in [0.3, 0.4) is 0 Å². The van der Waals surface area contributed by atoms with Crippen molar-refractivity contribution in [3.05, 3.63) is 35.6 Å². The number of sulfone groups is 1. The van der Waals surface area contributed by atoms with E-state index in [1.54, 1.807) is 12.1 Å². The number of hydrogen-bond acceptors (Lipinski definition) is 4. The molecule has 0 saturated carbocycles. The maximum absolute atomic E-state index is 12.9. The van der Waals surface area contributed by atoms with E-state index in [2.05, 4.69) is 20.9 Å². The number of carbonyl (C=O) groups is 1. The number of halogens is 1. The number of nitrogens with one attached hydrogen (secondary N) is 3. The van der Waals surface area contributed by atoms with Gasteiger partial charge in [0.05, 0.1) is 18.1 Å². The predicted molar refractivity (Wildman–Crippen MR) is 104 cm³/mol. The summed E-state index contributed by atoms with van der Waals surface area (Å²) in [6.07, 6.45) is 1.40. The summed E-state index contributed by atoms with van der Waals surface area (Å²) in [5.41, 5.74) is 1.02. The second-order valence-electron chi connectivity index (χ2n) is 6.48. The molecule has 0 spiro atoms. The van der Waals surface area contributed by atoms with Crippen LogP contribution in [0.1, 0.15) is 25.3 Å². The van der Waals surface area contributed by atoms with Crippen LogP contribution in [-0.4, -0.2) is 57.5 Å². The molecular formula is C18H27FN4O3S. The summed E-state index contributed by atoms with van der Waals surface area (Å²) in [6.45, 7) is 3.57. The van der Waals surface area contributed by atoms with Crippen molar-refractivity contribution in [3.8, 4) is 0 Å². The van der Waals surface area contributed by atoms with E-state index < -0.39 is 9.84 Å². The monoisotopic (exact) mass is 398 g/mol. The van der Waals surface area contributed by atoms with E-state index in [-0.39, 0.29) is 35.7 Å². The molecule has 27 heavy (non-hydrogen) atoms. The third kappa shape index (κ3) is 7.94. The van der Waals surface area contributed by atoms with Gasteiger partial charge in [-0.25, -0.2) is 12.8 Å². The lowest BCUT2D eigenvalue weighted by molar-refractivity contribution is -0.121. The van der Waals surface area contributed by atoms with E-state index in [0.29, 0.717) is 32.0 Å². The summed E-state index contributed by atoms with van der Waals surface area (Å²) in [7, 11) is -3.00. The first-order valence-electron chi connectivity index (χ1n) is 9.14. The van der Waals surface area contributed by atoms with Crippen LogP contribution in [0.2, 0.25) is 0 Å². The Labute approximate surface area is 159 Å². The summed E-state index contributed by atoms with van der Waals surface area (Å²) in [5.74, 6) is 0.322. The van der Waals surface area contributed by atoms with E-state index >= 15 is 0 Å². The van der Waals surface area contributed by atoms with Gasteiger partial charge in [0.1, 0.15) is 5.82 Å². The minimum atomic E-state index is -3.00. The van der Waals surface area contributed by atoms with Crippen molar-refractivity contribution >= 4 is 21.7 Å². The minimum absolute atomic E-state index is 0.0234. The summed E-state index contributed by atoms with van der Waals surface area (Å²) < 4.78 is 35.7. The molecule has 0 aliphatic carbocycles. The highest BCUT2D eigenvalue weighted by Crippen LogP contribution is 2.11. The van der Waals surface area contributed by atoms with Gasteiger partial charge in [0.25, 0.3) is 0 Å². The molecule has 1 aliphatic rings. The normalized spacial score (nSPS) is 18.9. The summed E-state index contributed by atoms with van der Waals surface area (Å²) >= 11 is 0. The molecule has 1 aliphatic heterocycles. The number of amides is 1. The molecule has 0 radical (unpaired) electrons. The van der Waals surface area contributed by atoms with Crippen LogP contribution in [0, 0.1) is 5.82 Å². The number of nitrogens with zero attached hydrogens (tertiary/aromatic N) is 1. The largest absolute Gasteiger partial charge is 0.357 e. The van der Waals surface area contributed by atoms with E-state index in [4.69, 9.17) is 0 Å². The van der Waals surface area contributed by atoms with Crippen molar-refractivity contribution in [2.24, 2.45) is 4.99 Å². The van der Waals surface area contributed by atoms with Gasteiger partial charge in [-0.2, -0.15) is 0 Å². The maximum Gasteiger partial charge on any atom is 0.222 e. The molecule has 1 atom stereocenters. The Kier molecular flexibility index (Phi) is 8.02. The average molecular weight is 399 g/mol. The standard InChI is InChI=1S/C18H27FN4O3S/c1-2-20-18(21-10-7-14-3-5-15(19)6-4-14)22-11-8-17(24)23-16-9-12-27(25,26)13-16/h3-6,16H,2,7-13H2,1H3,(H,23,24)(H2,20,21,22). The summed E-state index contributed by atoms with van der Waals surface area (Å²) in [4.78, 5) is 16.3. The van der Waals surface area contributed by atoms with Gasteiger partial charge in [0, 0.05) is 25.6 Å². The zero-order valence-corrected chi connectivity index (χ0v) is 16.3. The van der Waals surface area contributed by atoms with Gasteiger partial charge >= 0.3 is 0 Å². The quantitative estimate of drug-likeness (QED) is 0.440. The zero-order chi connectivity index (χ0) is 19.7. The first-order chi connectivity index (χ1) is 12.9. The molecule has 0 bridgehead atoms. The molecule has 0 aromatic heterocycles. The number of guanidine groups is 1. The molecule has 1 aromatic carbocycles. The van der Waals surface area contributed by atoms with Crippen LogP contribution in [-0.2, 0) is 21.1 Å². The number of aliphatic imine (C=N–C) groups is 1. The predicted octanol–water partition coefficient (Wildman–Crippen LogP) is 0.617. The molecule has 9 heteroatoms. The molecule has 1 amide bonds. The van der Waals surface area contributed by atoms with Gasteiger partial charge < -0.3 is 16.0 Å². The third-order valence-electron chi connectivity index (χ3n) is 4.17. The number of hydrogen-bond donors (Lipinski definition) is 3. The van der Waals surface area contributed by atoms with Crippen molar-refractivity contribution in [2.75, 3.05) is 31.1 Å². The Bertz CT molecular complexity index is 750. The summed E-state index contributed by atoms with van der Waals surface area (Å²) in [6, 6.07) is 6.07. The highest BCUT2D eigenvalue weighted by atomic mass is 32.2. The van der Waals surface area contributed by atoms with Gasteiger partial charge in [0.15, 0.2) is 15.8 Å². The summed E-state index contributed by atoms with van der Waals surface area (Å²) in [5, 5.41) is 9.03. The van der Waals surface area contributed by atoms with Gasteiger partial charge in [0.2, 0.25) is 5.91 Å². The van der Waals surface area contributed by atoms with E-state index in [1.807, 2.05) is 6.92 Å². The molecule has 1 fully saturated rings. The highest BCUT2D eigenvalue weighted by Gasteiger charge is 2.28. The van der Waals surface area contributed by atoms with Crippen molar-refractivity contribution < 1.29 is 17.6 Å². The SMILES string of the molecule is CCNC(=NCCC(=O)NC1CCS(=O)(=O)C1)NCCc1ccc(F)cc1. The number of carbonyl (C=O) groups excluding carboxylic acids is 1. The fourth-order valence-corrected chi connectivity index (χ4v) is 4.47. The zero-order valence-electron chi connectivity index (χ0n) is 15.5. The molecule has 3 N–H and O–H groups in total. The minimum Gasteiger partial charge on any atom is -0.357 e. The second kappa shape index (κ2) is 10.2. The van der Waals surface area contributed by atoms with E-state index in [9.17, 15) is 17.6 Å². The topological polar surface area (TPSA) is 99.7 Å². The smallest absolute Gasteiger partial charge is 0.222 e. The Morgan fingerprint density at radius 3 is 2.63 bits per heavy atom. The number of benzene rings is 1. The van der Waals surface area contributed by atoms with Crippen LogP contribution in [0.15, 0.2) is 29.3 Å². The fourth-order valence-electron chi connectivity index (χ4n) is 2.80. The van der Waals surface area contributed by atoms with Crippen molar-refractivity contribution in [1.82, 2.24) is 16.0 Å². The Hall–Kier alpha value is -2.16. The molecule has 1 aromatic rings. The number of rotatable bonds is 8. The first-order valence-corrected chi connectivity index (χ1v) is 11.0.